The Kier molecular flexibility index (Phi) is 2.16. The molecule has 1 rings (SSSR count). The Morgan fingerprint density at radius 3 is 2.64 bits per heavy atom. The number of aliphatic hydroxyl groups is 2. The van der Waals surface area contributed by atoms with Gasteiger partial charge in [-0.2, -0.15) is 0 Å². The molecule has 0 bridgehead atoms. The maximum Gasteiger partial charge on any atom is 0.187 e. The molecule has 0 aromatic heterocycles. The zero-order chi connectivity index (χ0) is 8.43. The highest BCUT2D eigenvalue weighted by atomic mass is 16.3. The molecule has 2 unspecified atom stereocenters. The Morgan fingerprint density at radius 2 is 2.18 bits per heavy atom. The summed E-state index contributed by atoms with van der Waals surface area (Å²) in [5.74, 6) is -0.606. The molecule has 0 heterocycles. The molecule has 0 saturated heterocycles. The van der Waals surface area contributed by atoms with Crippen molar-refractivity contribution in [2.24, 2.45) is 0 Å². The van der Waals surface area contributed by atoms with E-state index in [0.29, 0.717) is 6.29 Å². The molecule has 0 spiro atoms. The monoisotopic (exact) mass is 156 g/mol. The van der Waals surface area contributed by atoms with Crippen LogP contribution in [0.25, 0.3) is 0 Å². The van der Waals surface area contributed by atoms with Crippen molar-refractivity contribution >= 4 is 12.1 Å². The van der Waals surface area contributed by atoms with Gasteiger partial charge in [-0.1, -0.05) is 0 Å². The lowest BCUT2D eigenvalue weighted by Gasteiger charge is -2.19. The lowest BCUT2D eigenvalue weighted by molar-refractivity contribution is -0.129. The van der Waals surface area contributed by atoms with Crippen LogP contribution >= 0.6 is 0 Å². The summed E-state index contributed by atoms with van der Waals surface area (Å²) in [7, 11) is 0. The van der Waals surface area contributed by atoms with E-state index in [9.17, 15) is 9.59 Å². The molecule has 60 valence electrons. The number of ketones is 1. The van der Waals surface area contributed by atoms with Crippen molar-refractivity contribution in [1.82, 2.24) is 0 Å². The number of aldehydes is 1. The van der Waals surface area contributed by atoms with Gasteiger partial charge in [0, 0.05) is 6.42 Å². The second-order valence-corrected chi connectivity index (χ2v) is 2.46. The van der Waals surface area contributed by atoms with Crippen molar-refractivity contribution in [3.05, 3.63) is 11.6 Å². The van der Waals surface area contributed by atoms with E-state index in [0.717, 1.165) is 6.08 Å². The molecule has 0 radical (unpaired) electrons. The number of carbonyl (C=O) groups is 2. The summed E-state index contributed by atoms with van der Waals surface area (Å²) in [6.07, 6.45) is -0.875. The molecule has 4 heteroatoms. The lowest BCUT2D eigenvalue weighted by Crippen LogP contribution is -2.36. The molecule has 0 aromatic rings. The average Bonchev–Trinajstić information content (AvgIpc) is 1.99. The highest BCUT2D eigenvalue weighted by molar-refractivity contribution is 5.99. The fourth-order valence-electron chi connectivity index (χ4n) is 0.952. The number of aliphatic hydroxyl groups excluding tert-OH is 2. The summed E-state index contributed by atoms with van der Waals surface area (Å²) in [6.45, 7) is 0. The summed E-state index contributed by atoms with van der Waals surface area (Å²) in [5.41, 5.74) is 0.229. The highest BCUT2D eigenvalue weighted by Crippen LogP contribution is 2.14. The van der Waals surface area contributed by atoms with E-state index in [-0.39, 0.29) is 12.0 Å². The lowest BCUT2D eigenvalue weighted by atomic mass is 9.94. The van der Waals surface area contributed by atoms with Gasteiger partial charge in [-0.25, -0.2) is 0 Å². The van der Waals surface area contributed by atoms with Crippen molar-refractivity contribution in [2.75, 3.05) is 0 Å². The Balaban J connectivity index is 2.84. The zero-order valence-electron chi connectivity index (χ0n) is 5.73. The van der Waals surface area contributed by atoms with Crippen LogP contribution < -0.4 is 0 Å². The summed E-state index contributed by atoms with van der Waals surface area (Å²) in [5, 5.41) is 17.9. The predicted molar refractivity (Wildman–Crippen MR) is 35.8 cm³/mol. The highest BCUT2D eigenvalue weighted by Gasteiger charge is 2.28. The molecule has 0 amide bonds. The minimum atomic E-state index is -1.36. The van der Waals surface area contributed by atoms with Gasteiger partial charge in [0.25, 0.3) is 0 Å². The summed E-state index contributed by atoms with van der Waals surface area (Å²) in [4.78, 5) is 20.9. The first-order chi connectivity index (χ1) is 5.15. The van der Waals surface area contributed by atoms with Gasteiger partial charge in [0.05, 0.1) is 6.10 Å². The largest absolute Gasteiger partial charge is 0.390 e. The zero-order valence-corrected chi connectivity index (χ0v) is 5.73. The van der Waals surface area contributed by atoms with E-state index in [1.54, 1.807) is 0 Å². The van der Waals surface area contributed by atoms with Crippen molar-refractivity contribution in [1.29, 1.82) is 0 Å². The third-order valence-electron chi connectivity index (χ3n) is 1.58. The summed E-state index contributed by atoms with van der Waals surface area (Å²) >= 11 is 0. The Labute approximate surface area is 63.1 Å². The minimum absolute atomic E-state index is 0.0520. The molecule has 1 aliphatic carbocycles. The molecule has 4 nitrogen and oxygen atoms in total. The van der Waals surface area contributed by atoms with Gasteiger partial charge < -0.3 is 10.2 Å². The number of carbonyl (C=O) groups excluding carboxylic acids is 2. The molecule has 1 aliphatic rings. The molecular formula is C7H8O4. The van der Waals surface area contributed by atoms with Crippen LogP contribution in [0.3, 0.4) is 0 Å². The Morgan fingerprint density at radius 1 is 1.55 bits per heavy atom. The third kappa shape index (κ3) is 1.53. The summed E-state index contributed by atoms with van der Waals surface area (Å²) in [6, 6.07) is 0. The number of hydrogen-bond donors (Lipinski definition) is 2. The Hall–Kier alpha value is -1.00. The van der Waals surface area contributed by atoms with Gasteiger partial charge >= 0.3 is 0 Å². The first kappa shape index (κ1) is 8.10. The first-order valence-electron chi connectivity index (χ1n) is 3.21. The van der Waals surface area contributed by atoms with Gasteiger partial charge in [-0.3, -0.25) is 9.59 Å². The SMILES string of the molecule is O=CC1=CC(=O)C(O)C(O)C1. The predicted octanol–water partition coefficient (Wildman–Crippen LogP) is -1.19. The third-order valence-corrected chi connectivity index (χ3v) is 1.58. The van der Waals surface area contributed by atoms with Gasteiger partial charge in [-0.05, 0) is 11.6 Å². The van der Waals surface area contributed by atoms with Crippen LogP contribution in [0.2, 0.25) is 0 Å². The molecule has 2 atom stereocenters. The van der Waals surface area contributed by atoms with Crippen molar-refractivity contribution < 1.29 is 19.8 Å². The van der Waals surface area contributed by atoms with E-state index in [1.165, 1.54) is 0 Å². The van der Waals surface area contributed by atoms with Gasteiger partial charge in [-0.15, -0.1) is 0 Å². The fraction of sp³-hybridized carbons (Fsp3) is 0.429. The standard InChI is InChI=1S/C7H8O4/c8-3-4-1-5(9)7(11)6(10)2-4/h1,3,6-7,10-11H,2H2. The van der Waals surface area contributed by atoms with E-state index < -0.39 is 18.0 Å². The van der Waals surface area contributed by atoms with Crippen LogP contribution in [-0.2, 0) is 9.59 Å². The normalized spacial score (nSPS) is 31.5. The van der Waals surface area contributed by atoms with Crippen LogP contribution in [0.1, 0.15) is 6.42 Å². The summed E-state index contributed by atoms with van der Waals surface area (Å²) < 4.78 is 0. The minimum Gasteiger partial charge on any atom is -0.390 e. The molecule has 11 heavy (non-hydrogen) atoms. The van der Waals surface area contributed by atoms with Crippen LogP contribution in [-0.4, -0.2) is 34.5 Å². The fourth-order valence-corrected chi connectivity index (χ4v) is 0.952. The maximum absolute atomic E-state index is 10.7. The number of rotatable bonds is 1. The van der Waals surface area contributed by atoms with E-state index >= 15 is 0 Å². The number of hydrogen-bond acceptors (Lipinski definition) is 4. The van der Waals surface area contributed by atoms with E-state index in [2.05, 4.69) is 0 Å². The molecule has 0 aliphatic heterocycles. The van der Waals surface area contributed by atoms with Crippen molar-refractivity contribution in [3.63, 3.8) is 0 Å². The van der Waals surface area contributed by atoms with Crippen LogP contribution in [0.15, 0.2) is 11.6 Å². The van der Waals surface area contributed by atoms with E-state index in [4.69, 9.17) is 10.2 Å². The second kappa shape index (κ2) is 2.94. The van der Waals surface area contributed by atoms with Crippen LogP contribution in [0.4, 0.5) is 0 Å². The first-order valence-corrected chi connectivity index (χ1v) is 3.21. The molecule has 0 aromatic carbocycles. The van der Waals surface area contributed by atoms with Crippen LogP contribution in [0, 0.1) is 0 Å². The van der Waals surface area contributed by atoms with E-state index in [1.807, 2.05) is 0 Å². The topological polar surface area (TPSA) is 74.6 Å². The molecule has 0 fully saturated rings. The van der Waals surface area contributed by atoms with Gasteiger partial charge in [0.2, 0.25) is 0 Å². The van der Waals surface area contributed by atoms with Crippen LogP contribution in [0.5, 0.6) is 0 Å². The van der Waals surface area contributed by atoms with Gasteiger partial charge in [0.1, 0.15) is 12.4 Å². The second-order valence-electron chi connectivity index (χ2n) is 2.46. The Bertz CT molecular complexity index is 218. The average molecular weight is 156 g/mol. The molecule has 2 N–H and O–H groups in total. The molecular weight excluding hydrogens is 148 g/mol. The van der Waals surface area contributed by atoms with Crippen molar-refractivity contribution in [2.45, 2.75) is 18.6 Å². The maximum atomic E-state index is 10.7. The quantitative estimate of drug-likeness (QED) is 0.468. The van der Waals surface area contributed by atoms with Crippen molar-refractivity contribution in [3.8, 4) is 0 Å². The van der Waals surface area contributed by atoms with Gasteiger partial charge in [0.15, 0.2) is 5.78 Å². The smallest absolute Gasteiger partial charge is 0.187 e. The molecule has 0 saturated carbocycles.